The topological polar surface area (TPSA) is 50.8 Å². The highest BCUT2D eigenvalue weighted by Gasteiger charge is 2.17. The molecule has 0 unspecified atom stereocenters. The Bertz CT molecular complexity index is 569. The van der Waals surface area contributed by atoms with E-state index in [1.165, 1.54) is 13.2 Å². The SMILES string of the molecule is COc1ccc(CN(C)C(=O)CCC2CCNCC2)cc1OC(F)F.Cl. The molecule has 0 radical (unpaired) electrons. The molecule has 1 amide bonds. The minimum absolute atomic E-state index is 0. The lowest BCUT2D eigenvalue weighted by molar-refractivity contribution is -0.130. The van der Waals surface area contributed by atoms with E-state index in [-0.39, 0.29) is 29.8 Å². The van der Waals surface area contributed by atoms with E-state index in [4.69, 9.17) is 4.74 Å². The third-order valence-electron chi connectivity index (χ3n) is 4.51. The van der Waals surface area contributed by atoms with E-state index < -0.39 is 6.61 Å². The fraction of sp³-hybridized carbons (Fsp3) is 0.611. The Hall–Kier alpha value is -1.60. The summed E-state index contributed by atoms with van der Waals surface area (Å²) in [5.74, 6) is 0.880. The third kappa shape index (κ3) is 6.96. The highest BCUT2D eigenvalue weighted by molar-refractivity contribution is 5.85. The van der Waals surface area contributed by atoms with Gasteiger partial charge in [-0.1, -0.05) is 6.07 Å². The van der Waals surface area contributed by atoms with Gasteiger partial charge in [-0.25, -0.2) is 0 Å². The first kappa shape index (κ1) is 22.4. The van der Waals surface area contributed by atoms with Crippen LogP contribution in [-0.2, 0) is 11.3 Å². The van der Waals surface area contributed by atoms with Crippen molar-refractivity contribution in [2.45, 2.75) is 38.8 Å². The van der Waals surface area contributed by atoms with Crippen LogP contribution in [-0.4, -0.2) is 44.7 Å². The second-order valence-corrected chi connectivity index (χ2v) is 6.35. The van der Waals surface area contributed by atoms with Gasteiger partial charge in [0.25, 0.3) is 0 Å². The minimum atomic E-state index is -2.92. The van der Waals surface area contributed by atoms with Crippen molar-refractivity contribution in [3.05, 3.63) is 23.8 Å². The number of nitrogens with one attached hydrogen (secondary N) is 1. The normalized spacial score (nSPS) is 14.7. The molecule has 0 aliphatic carbocycles. The zero-order valence-corrected chi connectivity index (χ0v) is 16.0. The van der Waals surface area contributed by atoms with Crippen molar-refractivity contribution in [3.63, 3.8) is 0 Å². The molecule has 1 aromatic rings. The second kappa shape index (κ2) is 11.2. The lowest BCUT2D eigenvalue weighted by atomic mass is 9.93. The lowest BCUT2D eigenvalue weighted by Crippen LogP contribution is -2.30. The Balaban J connectivity index is 0.00000338. The summed E-state index contributed by atoms with van der Waals surface area (Å²) in [4.78, 5) is 13.9. The summed E-state index contributed by atoms with van der Waals surface area (Å²) in [5.41, 5.74) is 0.717. The Morgan fingerprint density at radius 3 is 2.62 bits per heavy atom. The third-order valence-corrected chi connectivity index (χ3v) is 4.51. The fourth-order valence-electron chi connectivity index (χ4n) is 3.06. The summed E-state index contributed by atoms with van der Waals surface area (Å²) in [7, 11) is 3.12. The molecule has 1 fully saturated rings. The highest BCUT2D eigenvalue weighted by Crippen LogP contribution is 2.30. The van der Waals surface area contributed by atoms with E-state index in [9.17, 15) is 13.6 Å². The highest BCUT2D eigenvalue weighted by atomic mass is 35.5. The zero-order chi connectivity index (χ0) is 18.2. The van der Waals surface area contributed by atoms with Gasteiger partial charge in [-0.15, -0.1) is 12.4 Å². The Labute approximate surface area is 159 Å². The van der Waals surface area contributed by atoms with Gasteiger partial charge in [0, 0.05) is 20.0 Å². The number of methoxy groups -OCH3 is 1. The largest absolute Gasteiger partial charge is 0.493 e. The molecule has 5 nitrogen and oxygen atoms in total. The first-order valence-corrected chi connectivity index (χ1v) is 8.56. The zero-order valence-electron chi connectivity index (χ0n) is 15.2. The van der Waals surface area contributed by atoms with Gasteiger partial charge in [0.2, 0.25) is 5.91 Å². The molecule has 1 N–H and O–H groups in total. The van der Waals surface area contributed by atoms with Crippen LogP contribution in [0.1, 0.15) is 31.2 Å². The molecule has 8 heteroatoms. The molecule has 26 heavy (non-hydrogen) atoms. The molecule has 0 spiro atoms. The number of carbonyl (C=O) groups is 1. The molecule has 1 aliphatic heterocycles. The van der Waals surface area contributed by atoms with Gasteiger partial charge in [-0.3, -0.25) is 4.79 Å². The van der Waals surface area contributed by atoms with Gasteiger partial charge in [-0.2, -0.15) is 8.78 Å². The monoisotopic (exact) mass is 392 g/mol. The van der Waals surface area contributed by atoms with Crippen LogP contribution in [0, 0.1) is 5.92 Å². The Morgan fingerprint density at radius 1 is 1.31 bits per heavy atom. The first-order chi connectivity index (χ1) is 12.0. The molecule has 0 atom stereocenters. The molecule has 148 valence electrons. The molecule has 0 saturated carbocycles. The summed E-state index contributed by atoms with van der Waals surface area (Å²) < 4.78 is 34.5. The predicted octanol–water partition coefficient (Wildman–Crippen LogP) is 3.46. The summed E-state index contributed by atoms with van der Waals surface area (Å²) in [6.07, 6.45) is 3.64. The van der Waals surface area contributed by atoms with E-state index in [2.05, 4.69) is 10.1 Å². The number of alkyl halides is 2. The van der Waals surface area contributed by atoms with E-state index in [0.717, 1.165) is 32.4 Å². The van der Waals surface area contributed by atoms with Crippen LogP contribution in [0.15, 0.2) is 18.2 Å². The van der Waals surface area contributed by atoms with Crippen LogP contribution in [0.4, 0.5) is 8.78 Å². The van der Waals surface area contributed by atoms with E-state index >= 15 is 0 Å². The van der Waals surface area contributed by atoms with Gasteiger partial charge in [0.05, 0.1) is 7.11 Å². The number of halogens is 3. The van der Waals surface area contributed by atoms with Crippen LogP contribution >= 0.6 is 12.4 Å². The van der Waals surface area contributed by atoms with E-state index in [1.807, 2.05) is 0 Å². The minimum Gasteiger partial charge on any atom is -0.493 e. The maximum Gasteiger partial charge on any atom is 0.387 e. The molecular weight excluding hydrogens is 366 g/mol. The number of hydrogen-bond donors (Lipinski definition) is 1. The summed E-state index contributed by atoms with van der Waals surface area (Å²) in [6, 6.07) is 4.80. The Kier molecular flexibility index (Phi) is 9.65. The average Bonchev–Trinajstić information content (AvgIpc) is 2.60. The number of amides is 1. The number of carbonyl (C=O) groups excluding carboxylic acids is 1. The van der Waals surface area contributed by atoms with E-state index in [1.54, 1.807) is 24.1 Å². The first-order valence-electron chi connectivity index (χ1n) is 8.56. The molecule has 0 bridgehead atoms. The van der Waals surface area contributed by atoms with Crippen molar-refractivity contribution in [2.24, 2.45) is 5.92 Å². The maximum atomic E-state index is 12.5. The summed E-state index contributed by atoms with van der Waals surface area (Å²) in [5, 5.41) is 3.31. The quantitative estimate of drug-likeness (QED) is 0.736. The molecule has 2 rings (SSSR count). The summed E-state index contributed by atoms with van der Waals surface area (Å²) >= 11 is 0. The smallest absolute Gasteiger partial charge is 0.387 e. The van der Waals surface area contributed by atoms with Crippen molar-refractivity contribution in [1.29, 1.82) is 0 Å². The van der Waals surface area contributed by atoms with Crippen LogP contribution in [0.25, 0.3) is 0 Å². The second-order valence-electron chi connectivity index (χ2n) is 6.35. The number of rotatable bonds is 8. The van der Waals surface area contributed by atoms with Gasteiger partial charge >= 0.3 is 6.61 Å². The van der Waals surface area contributed by atoms with Crippen molar-refractivity contribution in [1.82, 2.24) is 10.2 Å². The average molecular weight is 393 g/mol. The lowest BCUT2D eigenvalue weighted by Gasteiger charge is -2.24. The van der Waals surface area contributed by atoms with Crippen LogP contribution < -0.4 is 14.8 Å². The number of hydrogen-bond acceptors (Lipinski definition) is 4. The van der Waals surface area contributed by atoms with Crippen molar-refractivity contribution < 1.29 is 23.0 Å². The van der Waals surface area contributed by atoms with Gasteiger partial charge in [0.15, 0.2) is 11.5 Å². The van der Waals surface area contributed by atoms with Crippen molar-refractivity contribution >= 4 is 18.3 Å². The number of piperidine rings is 1. The number of benzene rings is 1. The predicted molar refractivity (Wildman–Crippen MR) is 98.2 cm³/mol. The van der Waals surface area contributed by atoms with Crippen molar-refractivity contribution in [2.75, 3.05) is 27.2 Å². The van der Waals surface area contributed by atoms with Gasteiger partial charge < -0.3 is 19.7 Å². The van der Waals surface area contributed by atoms with Crippen LogP contribution in [0.2, 0.25) is 0 Å². The number of ether oxygens (including phenoxy) is 2. The molecule has 1 saturated heterocycles. The fourth-order valence-corrected chi connectivity index (χ4v) is 3.06. The van der Waals surface area contributed by atoms with Crippen LogP contribution in [0.3, 0.4) is 0 Å². The summed E-state index contributed by atoms with van der Waals surface area (Å²) in [6.45, 7) is -0.538. The van der Waals surface area contributed by atoms with Crippen molar-refractivity contribution in [3.8, 4) is 11.5 Å². The standard InChI is InChI=1S/C18H26F2N2O3.ClH/c1-22(17(23)6-4-13-7-9-21-10-8-13)12-14-3-5-15(24-2)16(11-14)25-18(19)20;/h3,5,11,13,18,21H,4,6-10,12H2,1-2H3;1H. The molecule has 0 aromatic heterocycles. The molecule has 1 aliphatic rings. The maximum absolute atomic E-state index is 12.5. The Morgan fingerprint density at radius 2 is 2.00 bits per heavy atom. The van der Waals surface area contributed by atoms with Crippen LogP contribution in [0.5, 0.6) is 11.5 Å². The van der Waals surface area contributed by atoms with E-state index in [0.29, 0.717) is 24.4 Å². The number of nitrogens with zero attached hydrogens (tertiary/aromatic N) is 1. The van der Waals surface area contributed by atoms with Gasteiger partial charge in [-0.05, 0) is 56.0 Å². The molecular formula is C18H27ClF2N2O3. The molecule has 1 heterocycles. The van der Waals surface area contributed by atoms with Gasteiger partial charge in [0.1, 0.15) is 0 Å². The molecule has 1 aromatic carbocycles.